The summed E-state index contributed by atoms with van der Waals surface area (Å²) in [6.45, 7) is 2.14. The van der Waals surface area contributed by atoms with Crippen LogP contribution in [0.2, 0.25) is 0 Å². The normalized spacial score (nSPS) is 13.3. The molecule has 1 aliphatic rings. The summed E-state index contributed by atoms with van der Waals surface area (Å²) in [6.07, 6.45) is 1.66. The molecule has 34 heavy (non-hydrogen) atoms. The van der Waals surface area contributed by atoms with E-state index in [2.05, 4.69) is 0 Å². The lowest BCUT2D eigenvalue weighted by atomic mass is 10.1. The Balaban J connectivity index is 1.53. The molecule has 0 unspecified atom stereocenters. The van der Waals surface area contributed by atoms with Crippen molar-refractivity contribution in [1.29, 1.82) is 0 Å². The largest absolute Gasteiger partial charge is 0.497 e. The Kier molecular flexibility index (Phi) is 6.54. The van der Waals surface area contributed by atoms with Gasteiger partial charge in [0, 0.05) is 17.2 Å². The number of ether oxygens (including phenoxy) is 5. The molecule has 0 atom stereocenters. The smallest absolute Gasteiger partial charge is 0.337 e. The monoisotopic (exact) mass is 460 g/mol. The highest BCUT2D eigenvalue weighted by atomic mass is 16.5. The van der Waals surface area contributed by atoms with Gasteiger partial charge in [-0.15, -0.1) is 0 Å². The van der Waals surface area contributed by atoms with Crippen LogP contribution in [-0.4, -0.2) is 33.1 Å². The van der Waals surface area contributed by atoms with Crippen LogP contribution >= 0.6 is 0 Å². The molecule has 174 valence electrons. The van der Waals surface area contributed by atoms with Gasteiger partial charge < -0.3 is 23.7 Å². The van der Waals surface area contributed by atoms with E-state index in [4.69, 9.17) is 23.7 Å². The molecule has 0 spiro atoms. The zero-order valence-corrected chi connectivity index (χ0v) is 19.3. The number of ketones is 1. The van der Waals surface area contributed by atoms with Crippen molar-refractivity contribution in [3.8, 4) is 23.0 Å². The minimum atomic E-state index is -0.389. The Bertz CT molecular complexity index is 1270. The second kappa shape index (κ2) is 9.70. The van der Waals surface area contributed by atoms with Crippen LogP contribution < -0.4 is 18.9 Å². The molecule has 0 N–H and O–H groups in total. The number of rotatable bonds is 7. The van der Waals surface area contributed by atoms with E-state index in [-0.39, 0.29) is 17.5 Å². The number of carbonyl (C=O) groups is 2. The van der Waals surface area contributed by atoms with Crippen molar-refractivity contribution < 1.29 is 33.3 Å². The first-order valence-corrected chi connectivity index (χ1v) is 10.5. The maximum Gasteiger partial charge on any atom is 0.337 e. The number of hydrogen-bond acceptors (Lipinski definition) is 7. The molecule has 0 saturated carbocycles. The fourth-order valence-corrected chi connectivity index (χ4v) is 3.62. The van der Waals surface area contributed by atoms with Crippen molar-refractivity contribution in [2.75, 3.05) is 21.3 Å². The van der Waals surface area contributed by atoms with Gasteiger partial charge in [-0.2, -0.15) is 0 Å². The molecule has 3 aromatic rings. The Morgan fingerprint density at radius 1 is 0.941 bits per heavy atom. The summed E-state index contributed by atoms with van der Waals surface area (Å²) in [6, 6.07) is 15.8. The van der Waals surface area contributed by atoms with Gasteiger partial charge in [0.1, 0.15) is 29.6 Å². The minimum absolute atomic E-state index is 0.206. The van der Waals surface area contributed by atoms with E-state index in [1.165, 1.54) is 7.11 Å². The van der Waals surface area contributed by atoms with E-state index in [0.29, 0.717) is 46.3 Å². The summed E-state index contributed by atoms with van der Waals surface area (Å²) in [5.74, 6) is 1.91. The molecule has 1 heterocycles. The Morgan fingerprint density at radius 2 is 1.71 bits per heavy atom. The number of benzene rings is 3. The summed E-state index contributed by atoms with van der Waals surface area (Å²) in [4.78, 5) is 24.5. The number of fused-ring (bicyclic) bond motifs is 1. The van der Waals surface area contributed by atoms with Gasteiger partial charge in [0.2, 0.25) is 5.78 Å². The van der Waals surface area contributed by atoms with Crippen LogP contribution in [0.15, 0.2) is 60.4 Å². The Labute approximate surface area is 197 Å². The zero-order chi connectivity index (χ0) is 24.2. The average Bonchev–Trinajstić information content (AvgIpc) is 3.19. The van der Waals surface area contributed by atoms with Gasteiger partial charge in [0.25, 0.3) is 0 Å². The molecule has 0 saturated heterocycles. The fraction of sp³-hybridized carbons (Fsp3) is 0.185. The van der Waals surface area contributed by atoms with Gasteiger partial charge in [-0.1, -0.05) is 12.1 Å². The molecule has 0 radical (unpaired) electrons. The number of methoxy groups -OCH3 is 3. The molecular formula is C27H24O7. The van der Waals surface area contributed by atoms with Crippen LogP contribution in [0.5, 0.6) is 23.0 Å². The minimum Gasteiger partial charge on any atom is -0.497 e. The topological polar surface area (TPSA) is 80.3 Å². The van der Waals surface area contributed by atoms with Crippen molar-refractivity contribution in [3.63, 3.8) is 0 Å². The molecule has 1 aliphatic heterocycles. The second-order valence-electron chi connectivity index (χ2n) is 7.59. The first-order valence-electron chi connectivity index (χ1n) is 10.5. The number of allylic oxidation sites excluding steroid dienone is 1. The Morgan fingerprint density at radius 3 is 2.38 bits per heavy atom. The van der Waals surface area contributed by atoms with E-state index < -0.39 is 0 Å². The molecule has 0 fully saturated rings. The van der Waals surface area contributed by atoms with Crippen LogP contribution in [-0.2, 0) is 11.3 Å². The van der Waals surface area contributed by atoms with Gasteiger partial charge in [-0.25, -0.2) is 4.79 Å². The van der Waals surface area contributed by atoms with Crippen LogP contribution in [0, 0.1) is 6.92 Å². The maximum atomic E-state index is 12.9. The summed E-state index contributed by atoms with van der Waals surface area (Å²) < 4.78 is 27.3. The third-order valence-electron chi connectivity index (χ3n) is 5.53. The first kappa shape index (κ1) is 22.9. The highest BCUT2D eigenvalue weighted by Gasteiger charge is 2.30. The highest BCUT2D eigenvalue weighted by Crippen LogP contribution is 2.40. The molecule has 0 bridgehead atoms. The van der Waals surface area contributed by atoms with Crippen molar-refractivity contribution in [2.24, 2.45) is 0 Å². The van der Waals surface area contributed by atoms with Crippen molar-refractivity contribution in [1.82, 2.24) is 0 Å². The second-order valence-corrected chi connectivity index (χ2v) is 7.59. The molecule has 0 amide bonds. The zero-order valence-electron chi connectivity index (χ0n) is 19.3. The number of hydrogen-bond donors (Lipinski definition) is 0. The quantitative estimate of drug-likeness (QED) is 0.363. The fourth-order valence-electron chi connectivity index (χ4n) is 3.62. The molecule has 4 rings (SSSR count). The third-order valence-corrected chi connectivity index (χ3v) is 5.53. The summed E-state index contributed by atoms with van der Waals surface area (Å²) in [7, 11) is 4.48. The molecule has 0 aliphatic carbocycles. The van der Waals surface area contributed by atoms with Crippen molar-refractivity contribution >= 4 is 17.8 Å². The van der Waals surface area contributed by atoms with Crippen LogP contribution in [0.4, 0.5) is 0 Å². The van der Waals surface area contributed by atoms with E-state index in [1.54, 1.807) is 74.9 Å². The van der Waals surface area contributed by atoms with E-state index in [9.17, 15) is 9.59 Å². The third kappa shape index (κ3) is 4.45. The highest BCUT2D eigenvalue weighted by molar-refractivity contribution is 6.15. The summed E-state index contributed by atoms with van der Waals surface area (Å²) in [5.41, 5.74) is 3.26. The van der Waals surface area contributed by atoms with Crippen LogP contribution in [0.3, 0.4) is 0 Å². The van der Waals surface area contributed by atoms with Gasteiger partial charge in [-0.05, 0) is 55.0 Å². The number of carbonyl (C=O) groups excluding carboxylic acids is 2. The van der Waals surface area contributed by atoms with E-state index in [0.717, 1.165) is 11.1 Å². The molecule has 3 aromatic carbocycles. The van der Waals surface area contributed by atoms with E-state index >= 15 is 0 Å². The standard InChI is InChI=1S/C27H24O7/c1-16-22(33-15-17-5-7-18(8-6-17)27(29)32-4)12-11-21-25(28)24(34-26(16)21)13-19-9-10-20(30-2)14-23(19)31-3/h5-14H,15H2,1-4H3/b24-13-. The predicted molar refractivity (Wildman–Crippen MR) is 126 cm³/mol. The number of Topliss-reactive ketones (excluding diaryl/α,β-unsaturated/α-hetero) is 1. The van der Waals surface area contributed by atoms with Gasteiger partial charge in [0.15, 0.2) is 5.76 Å². The van der Waals surface area contributed by atoms with Crippen molar-refractivity contribution in [3.05, 3.63) is 88.2 Å². The van der Waals surface area contributed by atoms with Crippen molar-refractivity contribution in [2.45, 2.75) is 13.5 Å². The van der Waals surface area contributed by atoms with Gasteiger partial charge in [0.05, 0.1) is 32.5 Å². The lowest BCUT2D eigenvalue weighted by Crippen LogP contribution is -2.02. The SMILES string of the molecule is COC(=O)c1ccc(COc2ccc3c(c2C)O/C(=C\c2ccc(OC)cc2OC)C3=O)cc1. The molecule has 7 heteroatoms. The lowest BCUT2D eigenvalue weighted by Gasteiger charge is -2.12. The van der Waals surface area contributed by atoms with Gasteiger partial charge in [-0.3, -0.25) is 4.79 Å². The molecular weight excluding hydrogens is 436 g/mol. The van der Waals surface area contributed by atoms with Crippen LogP contribution in [0.1, 0.15) is 37.4 Å². The Hall–Kier alpha value is -4.26. The first-order chi connectivity index (χ1) is 16.4. The average molecular weight is 460 g/mol. The van der Waals surface area contributed by atoms with E-state index in [1.807, 2.05) is 6.92 Å². The molecule has 7 nitrogen and oxygen atoms in total. The number of esters is 1. The summed E-state index contributed by atoms with van der Waals surface area (Å²) in [5, 5.41) is 0. The predicted octanol–water partition coefficient (Wildman–Crippen LogP) is 4.99. The van der Waals surface area contributed by atoms with Gasteiger partial charge >= 0.3 is 5.97 Å². The maximum absolute atomic E-state index is 12.9. The summed E-state index contributed by atoms with van der Waals surface area (Å²) >= 11 is 0. The lowest BCUT2D eigenvalue weighted by molar-refractivity contribution is 0.0600. The van der Waals surface area contributed by atoms with Crippen LogP contribution in [0.25, 0.3) is 6.08 Å². The molecule has 0 aromatic heterocycles.